The lowest BCUT2D eigenvalue weighted by atomic mass is 9.60. The van der Waals surface area contributed by atoms with Crippen LogP contribution >= 0.6 is 0 Å². The Morgan fingerprint density at radius 2 is 1.70 bits per heavy atom. The van der Waals surface area contributed by atoms with Gasteiger partial charge >= 0.3 is 0 Å². The first-order valence-electron chi connectivity index (χ1n) is 11.7. The summed E-state index contributed by atoms with van der Waals surface area (Å²) in [5.74, 6) is 2.16. The Balaban J connectivity index is 1.38. The fourth-order valence-corrected chi connectivity index (χ4v) is 4.62. The van der Waals surface area contributed by atoms with Gasteiger partial charge in [0, 0.05) is 17.2 Å². The molecule has 0 bridgehead atoms. The molecule has 33 heavy (non-hydrogen) atoms. The summed E-state index contributed by atoms with van der Waals surface area (Å²) < 4.78 is 5.96. The first-order chi connectivity index (χ1) is 16.2. The van der Waals surface area contributed by atoms with Gasteiger partial charge in [0.2, 0.25) is 5.82 Å². The van der Waals surface area contributed by atoms with Crippen molar-refractivity contribution in [2.75, 3.05) is 0 Å². The van der Waals surface area contributed by atoms with Gasteiger partial charge in [0.1, 0.15) is 12.4 Å². The van der Waals surface area contributed by atoms with E-state index in [0.29, 0.717) is 24.9 Å². The number of nitrogens with zero attached hydrogens (tertiary/aromatic N) is 5. The van der Waals surface area contributed by atoms with E-state index in [1.165, 1.54) is 30.4 Å². The van der Waals surface area contributed by atoms with E-state index in [4.69, 9.17) is 4.74 Å². The SMILES string of the molecule is CCn1nnc(-c2ccc(C(C)(c3ccc(OCc4ccccn4)cc3)C3CCC3)cc2)n1. The summed E-state index contributed by atoms with van der Waals surface area (Å²) in [6.45, 7) is 5.57. The Kier molecular flexibility index (Phi) is 5.90. The summed E-state index contributed by atoms with van der Waals surface area (Å²) in [6, 6.07) is 23.2. The molecule has 2 aromatic carbocycles. The number of ether oxygens (including phenoxy) is 1. The molecule has 0 N–H and O–H groups in total. The molecule has 1 atom stereocenters. The highest BCUT2D eigenvalue weighted by Crippen LogP contribution is 2.48. The predicted octanol–water partition coefficient (Wildman–Crippen LogP) is 5.44. The highest BCUT2D eigenvalue weighted by molar-refractivity contribution is 5.56. The van der Waals surface area contributed by atoms with Crippen LogP contribution in [0.15, 0.2) is 72.9 Å². The van der Waals surface area contributed by atoms with Gasteiger partial charge in [0.15, 0.2) is 0 Å². The average molecular weight is 440 g/mol. The third-order valence-corrected chi connectivity index (χ3v) is 6.97. The van der Waals surface area contributed by atoms with Crippen molar-refractivity contribution < 1.29 is 4.74 Å². The number of hydrogen-bond donors (Lipinski definition) is 0. The summed E-state index contributed by atoms with van der Waals surface area (Å²) in [4.78, 5) is 5.94. The second-order valence-electron chi connectivity index (χ2n) is 8.84. The van der Waals surface area contributed by atoms with E-state index in [0.717, 1.165) is 17.0 Å². The first kappa shape index (κ1) is 21.3. The van der Waals surface area contributed by atoms with Crippen molar-refractivity contribution in [3.8, 4) is 17.1 Å². The van der Waals surface area contributed by atoms with Crippen LogP contribution in [0, 0.1) is 5.92 Å². The normalized spacial score (nSPS) is 15.6. The summed E-state index contributed by atoms with van der Waals surface area (Å²) in [6.07, 6.45) is 5.60. The van der Waals surface area contributed by atoms with E-state index in [1.807, 2.05) is 25.1 Å². The quantitative estimate of drug-likeness (QED) is 0.366. The molecule has 1 saturated carbocycles. The minimum absolute atomic E-state index is 0.0508. The Morgan fingerprint density at radius 3 is 2.27 bits per heavy atom. The maximum absolute atomic E-state index is 5.96. The molecule has 4 aromatic rings. The molecule has 0 radical (unpaired) electrons. The number of tetrazole rings is 1. The largest absolute Gasteiger partial charge is 0.487 e. The van der Waals surface area contributed by atoms with Gasteiger partial charge in [-0.05, 0) is 66.3 Å². The van der Waals surface area contributed by atoms with Gasteiger partial charge < -0.3 is 4.74 Å². The average Bonchev–Trinajstić information content (AvgIpc) is 3.32. The molecule has 1 unspecified atom stereocenters. The van der Waals surface area contributed by atoms with Gasteiger partial charge in [-0.25, -0.2) is 0 Å². The molecular weight excluding hydrogens is 410 g/mol. The molecular formula is C27H29N5O. The fourth-order valence-electron chi connectivity index (χ4n) is 4.62. The molecule has 0 amide bonds. The zero-order valence-electron chi connectivity index (χ0n) is 19.2. The minimum Gasteiger partial charge on any atom is -0.487 e. The van der Waals surface area contributed by atoms with Crippen molar-refractivity contribution in [2.45, 2.75) is 51.7 Å². The maximum Gasteiger partial charge on any atom is 0.204 e. The highest BCUT2D eigenvalue weighted by atomic mass is 16.5. The highest BCUT2D eigenvalue weighted by Gasteiger charge is 2.40. The van der Waals surface area contributed by atoms with Crippen molar-refractivity contribution in [1.82, 2.24) is 25.2 Å². The molecule has 6 heteroatoms. The Labute approximate surface area is 194 Å². The van der Waals surface area contributed by atoms with Crippen molar-refractivity contribution in [1.29, 1.82) is 0 Å². The number of benzene rings is 2. The van der Waals surface area contributed by atoms with Gasteiger partial charge in [0.25, 0.3) is 0 Å². The zero-order valence-corrected chi connectivity index (χ0v) is 19.2. The van der Waals surface area contributed by atoms with Crippen LogP contribution in [-0.4, -0.2) is 25.2 Å². The molecule has 1 aliphatic rings. The third kappa shape index (κ3) is 4.25. The van der Waals surface area contributed by atoms with Crippen LogP contribution in [0.3, 0.4) is 0 Å². The predicted molar refractivity (Wildman–Crippen MR) is 128 cm³/mol. The monoisotopic (exact) mass is 439 g/mol. The Hall–Kier alpha value is -3.54. The molecule has 6 nitrogen and oxygen atoms in total. The van der Waals surface area contributed by atoms with E-state index in [1.54, 1.807) is 11.0 Å². The topological polar surface area (TPSA) is 65.7 Å². The second kappa shape index (κ2) is 9.14. The van der Waals surface area contributed by atoms with Crippen molar-refractivity contribution in [3.63, 3.8) is 0 Å². The van der Waals surface area contributed by atoms with E-state index >= 15 is 0 Å². The number of aromatic nitrogens is 5. The lowest BCUT2D eigenvalue weighted by Gasteiger charge is -2.44. The van der Waals surface area contributed by atoms with Crippen molar-refractivity contribution in [2.24, 2.45) is 5.92 Å². The molecule has 5 rings (SSSR count). The summed E-state index contributed by atoms with van der Waals surface area (Å²) >= 11 is 0. The molecule has 2 heterocycles. The van der Waals surface area contributed by atoms with Gasteiger partial charge in [-0.2, -0.15) is 4.80 Å². The molecule has 1 aliphatic carbocycles. The van der Waals surface area contributed by atoms with Crippen LogP contribution in [0.5, 0.6) is 5.75 Å². The number of pyridine rings is 1. The number of aryl methyl sites for hydroxylation is 1. The van der Waals surface area contributed by atoms with Gasteiger partial charge in [-0.1, -0.05) is 55.8 Å². The summed E-state index contributed by atoms with van der Waals surface area (Å²) in [5, 5.41) is 12.7. The van der Waals surface area contributed by atoms with Gasteiger partial charge in [-0.3, -0.25) is 4.98 Å². The van der Waals surface area contributed by atoms with Gasteiger partial charge in [0.05, 0.1) is 12.2 Å². The van der Waals surface area contributed by atoms with Crippen molar-refractivity contribution in [3.05, 3.63) is 89.7 Å². The van der Waals surface area contributed by atoms with Crippen LogP contribution in [0.2, 0.25) is 0 Å². The standard InChI is InChI=1S/C27H29N5O/c1-3-32-30-26(29-31-32)20-10-12-22(13-11-20)27(2,21-7-6-8-21)23-14-16-25(17-15-23)33-19-24-9-4-5-18-28-24/h4-5,9-18,21H,3,6-8,19H2,1-2H3. The second-order valence-corrected chi connectivity index (χ2v) is 8.84. The van der Waals surface area contributed by atoms with Crippen LogP contribution in [0.1, 0.15) is 49.9 Å². The van der Waals surface area contributed by atoms with E-state index in [-0.39, 0.29) is 5.41 Å². The van der Waals surface area contributed by atoms with Crippen LogP contribution < -0.4 is 4.74 Å². The van der Waals surface area contributed by atoms with Crippen LogP contribution in [0.4, 0.5) is 0 Å². The Bertz CT molecular complexity index is 1180. The molecule has 2 aromatic heterocycles. The maximum atomic E-state index is 5.96. The van der Waals surface area contributed by atoms with Crippen LogP contribution in [0.25, 0.3) is 11.4 Å². The molecule has 0 saturated heterocycles. The molecule has 0 spiro atoms. The molecule has 168 valence electrons. The fraction of sp³-hybridized carbons (Fsp3) is 0.333. The summed E-state index contributed by atoms with van der Waals surface area (Å²) in [7, 11) is 0. The Morgan fingerprint density at radius 1 is 0.970 bits per heavy atom. The summed E-state index contributed by atoms with van der Waals surface area (Å²) in [5.41, 5.74) is 4.51. The lowest BCUT2D eigenvalue weighted by molar-refractivity contribution is 0.211. The lowest BCUT2D eigenvalue weighted by Crippen LogP contribution is -2.37. The molecule has 1 fully saturated rings. The first-order valence-corrected chi connectivity index (χ1v) is 11.7. The number of hydrogen-bond acceptors (Lipinski definition) is 5. The van der Waals surface area contributed by atoms with Gasteiger partial charge in [-0.15, -0.1) is 10.2 Å². The minimum atomic E-state index is -0.0508. The third-order valence-electron chi connectivity index (χ3n) is 6.97. The zero-order chi connectivity index (χ0) is 22.7. The molecule has 0 aliphatic heterocycles. The van der Waals surface area contributed by atoms with E-state index in [9.17, 15) is 0 Å². The smallest absolute Gasteiger partial charge is 0.204 e. The van der Waals surface area contributed by atoms with E-state index in [2.05, 4.69) is 75.8 Å². The van der Waals surface area contributed by atoms with E-state index < -0.39 is 0 Å². The van der Waals surface area contributed by atoms with Crippen molar-refractivity contribution >= 4 is 0 Å². The number of rotatable bonds is 8. The van der Waals surface area contributed by atoms with Crippen LogP contribution in [-0.2, 0) is 18.6 Å².